The molecular formula is C18H17N5O2S. The highest BCUT2D eigenvalue weighted by Crippen LogP contribution is 2.36. The average molecular weight is 367 g/mol. The van der Waals surface area contributed by atoms with E-state index in [9.17, 15) is 4.79 Å². The molecule has 0 radical (unpaired) electrons. The lowest BCUT2D eigenvalue weighted by Crippen LogP contribution is -2.15. The Morgan fingerprint density at radius 2 is 1.92 bits per heavy atom. The Balaban J connectivity index is 1.39. The molecule has 0 saturated heterocycles. The second-order valence-electron chi connectivity index (χ2n) is 5.89. The first-order valence-corrected chi connectivity index (χ1v) is 9.30. The van der Waals surface area contributed by atoms with Gasteiger partial charge < -0.3 is 10.1 Å². The number of amides is 1. The molecule has 1 amide bonds. The van der Waals surface area contributed by atoms with Crippen LogP contribution in [-0.4, -0.2) is 31.9 Å². The van der Waals surface area contributed by atoms with Gasteiger partial charge in [0.2, 0.25) is 11.1 Å². The van der Waals surface area contributed by atoms with Crippen molar-refractivity contribution in [1.82, 2.24) is 20.2 Å². The van der Waals surface area contributed by atoms with Gasteiger partial charge in [-0.25, -0.2) is 4.68 Å². The standard InChI is InChI=1S/C18H17N5O2S/c24-17(12-26-18-20-21-22-23(18)13-10-11-13)19-15-8-4-5-9-16(15)25-14-6-2-1-3-7-14/h1-9,13H,10-12H2,(H,19,24). The van der Waals surface area contributed by atoms with Gasteiger partial charge in [-0.1, -0.05) is 42.1 Å². The van der Waals surface area contributed by atoms with Crippen molar-refractivity contribution >= 4 is 23.4 Å². The Hall–Kier alpha value is -2.87. The van der Waals surface area contributed by atoms with Gasteiger partial charge in [0.15, 0.2) is 5.75 Å². The van der Waals surface area contributed by atoms with Gasteiger partial charge in [0, 0.05) is 0 Å². The fraction of sp³-hybridized carbons (Fsp3) is 0.222. The summed E-state index contributed by atoms with van der Waals surface area (Å²) >= 11 is 1.33. The van der Waals surface area contributed by atoms with Gasteiger partial charge in [-0.3, -0.25) is 4.79 Å². The van der Waals surface area contributed by atoms with E-state index in [0.717, 1.165) is 12.8 Å². The Morgan fingerprint density at radius 1 is 1.15 bits per heavy atom. The summed E-state index contributed by atoms with van der Waals surface area (Å²) in [7, 11) is 0. The number of aromatic nitrogens is 4. The topological polar surface area (TPSA) is 81.9 Å². The van der Waals surface area contributed by atoms with Gasteiger partial charge in [-0.15, -0.1) is 5.10 Å². The molecule has 0 aliphatic heterocycles. The first kappa shape index (κ1) is 16.6. The van der Waals surface area contributed by atoms with Gasteiger partial charge >= 0.3 is 0 Å². The molecule has 26 heavy (non-hydrogen) atoms. The van der Waals surface area contributed by atoms with Crippen molar-refractivity contribution in [3.8, 4) is 11.5 Å². The monoisotopic (exact) mass is 367 g/mol. The SMILES string of the molecule is O=C(CSc1nnnn1C1CC1)Nc1ccccc1Oc1ccccc1. The minimum atomic E-state index is -0.135. The largest absolute Gasteiger partial charge is 0.455 e. The number of hydrogen-bond donors (Lipinski definition) is 1. The van der Waals surface area contributed by atoms with Crippen molar-refractivity contribution in [2.24, 2.45) is 0 Å². The van der Waals surface area contributed by atoms with Crippen molar-refractivity contribution in [2.75, 3.05) is 11.1 Å². The lowest BCUT2D eigenvalue weighted by atomic mass is 10.3. The Morgan fingerprint density at radius 3 is 2.73 bits per heavy atom. The molecule has 1 heterocycles. The zero-order chi connectivity index (χ0) is 17.8. The Kier molecular flexibility index (Phi) is 4.83. The third kappa shape index (κ3) is 4.02. The quantitative estimate of drug-likeness (QED) is 0.643. The maximum Gasteiger partial charge on any atom is 0.234 e. The third-order valence-electron chi connectivity index (χ3n) is 3.82. The predicted molar refractivity (Wildman–Crippen MR) is 98.4 cm³/mol. The van der Waals surface area contributed by atoms with E-state index in [4.69, 9.17) is 4.74 Å². The molecule has 0 atom stereocenters. The molecule has 8 heteroatoms. The van der Waals surface area contributed by atoms with E-state index in [0.29, 0.717) is 28.4 Å². The van der Waals surface area contributed by atoms with Crippen LogP contribution in [0, 0.1) is 0 Å². The molecule has 132 valence electrons. The fourth-order valence-electron chi connectivity index (χ4n) is 2.42. The van der Waals surface area contributed by atoms with Crippen LogP contribution in [0.4, 0.5) is 5.69 Å². The van der Waals surface area contributed by atoms with E-state index >= 15 is 0 Å². The number of nitrogens with zero attached hydrogens (tertiary/aromatic N) is 4. The number of para-hydroxylation sites is 3. The number of thioether (sulfide) groups is 1. The van der Waals surface area contributed by atoms with Crippen LogP contribution in [0.2, 0.25) is 0 Å². The molecule has 1 aliphatic carbocycles. The number of carbonyl (C=O) groups is 1. The van der Waals surface area contributed by atoms with Crippen LogP contribution in [0.1, 0.15) is 18.9 Å². The smallest absolute Gasteiger partial charge is 0.234 e. The van der Waals surface area contributed by atoms with Crippen LogP contribution < -0.4 is 10.1 Å². The number of anilines is 1. The molecule has 1 aromatic heterocycles. The molecule has 2 aromatic carbocycles. The van der Waals surface area contributed by atoms with Gasteiger partial charge in [-0.05, 0) is 47.5 Å². The molecule has 4 rings (SSSR count). The van der Waals surface area contributed by atoms with Crippen LogP contribution in [0.15, 0.2) is 59.8 Å². The summed E-state index contributed by atoms with van der Waals surface area (Å²) in [4.78, 5) is 12.3. The van der Waals surface area contributed by atoms with Gasteiger partial charge in [0.05, 0.1) is 17.5 Å². The summed E-state index contributed by atoms with van der Waals surface area (Å²) in [5.74, 6) is 1.41. The average Bonchev–Trinajstić information content (AvgIpc) is 3.40. The first-order valence-electron chi connectivity index (χ1n) is 8.32. The van der Waals surface area contributed by atoms with Crippen LogP contribution in [0.25, 0.3) is 0 Å². The van der Waals surface area contributed by atoms with Crippen LogP contribution in [0.5, 0.6) is 11.5 Å². The van der Waals surface area contributed by atoms with E-state index < -0.39 is 0 Å². The number of tetrazole rings is 1. The zero-order valence-corrected chi connectivity index (χ0v) is 14.7. The molecule has 7 nitrogen and oxygen atoms in total. The van der Waals surface area contributed by atoms with Crippen LogP contribution >= 0.6 is 11.8 Å². The number of hydrogen-bond acceptors (Lipinski definition) is 6. The van der Waals surface area contributed by atoms with E-state index in [2.05, 4.69) is 20.8 Å². The van der Waals surface area contributed by atoms with Crippen molar-refractivity contribution in [3.63, 3.8) is 0 Å². The minimum Gasteiger partial charge on any atom is -0.455 e. The molecule has 3 aromatic rings. The number of carbonyl (C=O) groups excluding carboxylic acids is 1. The van der Waals surface area contributed by atoms with Crippen molar-refractivity contribution < 1.29 is 9.53 Å². The lowest BCUT2D eigenvalue weighted by molar-refractivity contribution is -0.113. The summed E-state index contributed by atoms with van der Waals surface area (Å²) < 4.78 is 7.66. The van der Waals surface area contributed by atoms with E-state index in [1.807, 2.05) is 54.6 Å². The van der Waals surface area contributed by atoms with Gasteiger partial charge in [0.25, 0.3) is 0 Å². The van der Waals surface area contributed by atoms with E-state index in [-0.39, 0.29) is 11.7 Å². The lowest BCUT2D eigenvalue weighted by Gasteiger charge is -2.12. The molecule has 0 unspecified atom stereocenters. The number of rotatable bonds is 7. The molecule has 0 spiro atoms. The third-order valence-corrected chi connectivity index (χ3v) is 4.75. The molecule has 1 saturated carbocycles. The van der Waals surface area contributed by atoms with Crippen molar-refractivity contribution in [1.29, 1.82) is 0 Å². The maximum atomic E-state index is 12.3. The second kappa shape index (κ2) is 7.57. The second-order valence-corrected chi connectivity index (χ2v) is 6.83. The zero-order valence-electron chi connectivity index (χ0n) is 13.9. The maximum absolute atomic E-state index is 12.3. The Labute approximate surface area is 154 Å². The van der Waals surface area contributed by atoms with Gasteiger partial charge in [-0.2, -0.15) is 0 Å². The summed E-state index contributed by atoms with van der Waals surface area (Å²) in [6.07, 6.45) is 2.18. The van der Waals surface area contributed by atoms with Gasteiger partial charge in [0.1, 0.15) is 5.75 Å². The molecular weight excluding hydrogens is 350 g/mol. The van der Waals surface area contributed by atoms with Crippen molar-refractivity contribution in [3.05, 3.63) is 54.6 Å². The number of benzene rings is 2. The van der Waals surface area contributed by atoms with Crippen LogP contribution in [0.3, 0.4) is 0 Å². The van der Waals surface area contributed by atoms with E-state index in [1.54, 1.807) is 4.68 Å². The predicted octanol–water partition coefficient (Wildman–Crippen LogP) is 3.53. The molecule has 0 bridgehead atoms. The minimum absolute atomic E-state index is 0.135. The fourth-order valence-corrected chi connectivity index (χ4v) is 3.16. The molecule has 1 fully saturated rings. The first-order chi connectivity index (χ1) is 12.8. The highest BCUT2D eigenvalue weighted by molar-refractivity contribution is 7.99. The van der Waals surface area contributed by atoms with Crippen LogP contribution in [-0.2, 0) is 4.79 Å². The highest BCUT2D eigenvalue weighted by atomic mass is 32.2. The summed E-state index contributed by atoms with van der Waals surface area (Å²) in [6.45, 7) is 0. The highest BCUT2D eigenvalue weighted by Gasteiger charge is 2.28. The van der Waals surface area contributed by atoms with Crippen molar-refractivity contribution in [2.45, 2.75) is 24.0 Å². The molecule has 1 aliphatic rings. The summed E-state index contributed by atoms with van der Waals surface area (Å²) in [5, 5.41) is 15.2. The normalized spacial score (nSPS) is 13.4. The van der Waals surface area contributed by atoms with E-state index in [1.165, 1.54) is 11.8 Å². The number of nitrogens with one attached hydrogen (secondary N) is 1. The summed E-state index contributed by atoms with van der Waals surface area (Å²) in [5.41, 5.74) is 0.628. The molecule has 1 N–H and O–H groups in total. The summed E-state index contributed by atoms with van der Waals surface area (Å²) in [6, 6.07) is 17.2. The Bertz CT molecular complexity index is 895. The number of ether oxygens (including phenoxy) is 1.